The Morgan fingerprint density at radius 3 is 2.54 bits per heavy atom. The predicted octanol–water partition coefficient (Wildman–Crippen LogP) is 3.16. The quantitative estimate of drug-likeness (QED) is 0.857. The zero-order chi connectivity index (χ0) is 17.0. The van der Waals surface area contributed by atoms with Crippen molar-refractivity contribution in [2.45, 2.75) is 62.6 Å². The molecule has 3 rings (SSSR count). The Morgan fingerprint density at radius 2 is 1.92 bits per heavy atom. The summed E-state index contributed by atoms with van der Waals surface area (Å²) in [5.74, 6) is 0.00450. The van der Waals surface area contributed by atoms with E-state index in [1.165, 1.54) is 24.8 Å². The lowest BCUT2D eigenvalue weighted by Crippen LogP contribution is -2.45. The monoisotopic (exact) mass is 350 g/mol. The van der Waals surface area contributed by atoms with E-state index in [0.29, 0.717) is 13.1 Å². The average Bonchev–Trinajstić information content (AvgIpc) is 3.10. The molecule has 0 spiro atoms. The molecule has 5 heteroatoms. The highest BCUT2D eigenvalue weighted by atomic mass is 35.5. The highest BCUT2D eigenvalue weighted by Crippen LogP contribution is 2.39. The van der Waals surface area contributed by atoms with E-state index >= 15 is 0 Å². The van der Waals surface area contributed by atoms with Gasteiger partial charge in [-0.2, -0.15) is 0 Å². The van der Waals surface area contributed by atoms with Crippen molar-refractivity contribution in [1.29, 1.82) is 0 Å². The molecule has 1 heterocycles. The number of rotatable bonds is 5. The van der Waals surface area contributed by atoms with E-state index in [1.54, 1.807) is 0 Å². The lowest BCUT2D eigenvalue weighted by atomic mass is 9.69. The van der Waals surface area contributed by atoms with Gasteiger partial charge in [0.25, 0.3) is 0 Å². The smallest absolute Gasteiger partial charge is 0.249 e. The van der Waals surface area contributed by atoms with Crippen LogP contribution in [0.25, 0.3) is 0 Å². The molecule has 2 fully saturated rings. The summed E-state index contributed by atoms with van der Waals surface area (Å²) in [7, 11) is 0. The normalized spacial score (nSPS) is 26.2. The number of carbonyl (C=O) groups excluding carboxylic acids is 1. The number of ether oxygens (including phenoxy) is 1. The number of halogens is 1. The van der Waals surface area contributed by atoms with E-state index in [-0.39, 0.29) is 23.5 Å². The Hall–Kier alpha value is -1.10. The van der Waals surface area contributed by atoms with Crippen molar-refractivity contribution < 1.29 is 9.53 Å². The molecule has 1 amide bonds. The third-order valence-corrected chi connectivity index (χ3v) is 5.78. The summed E-state index contributed by atoms with van der Waals surface area (Å²) in [5.41, 5.74) is 6.92. The lowest BCUT2D eigenvalue weighted by Gasteiger charge is -2.38. The largest absolute Gasteiger partial charge is 0.364 e. The summed E-state index contributed by atoms with van der Waals surface area (Å²) < 4.78 is 5.71. The van der Waals surface area contributed by atoms with Crippen LogP contribution in [0.5, 0.6) is 0 Å². The molecule has 0 radical (unpaired) electrons. The molecule has 1 saturated carbocycles. The van der Waals surface area contributed by atoms with E-state index < -0.39 is 0 Å². The van der Waals surface area contributed by atoms with Crippen LogP contribution in [0.3, 0.4) is 0 Å². The Bertz CT molecular complexity index is 555. The highest BCUT2D eigenvalue weighted by molar-refractivity contribution is 6.30. The van der Waals surface area contributed by atoms with Crippen LogP contribution < -0.4 is 11.1 Å². The predicted molar refractivity (Wildman–Crippen MR) is 96.2 cm³/mol. The first-order chi connectivity index (χ1) is 11.6. The molecule has 132 valence electrons. The van der Waals surface area contributed by atoms with Gasteiger partial charge in [-0.15, -0.1) is 0 Å². The first-order valence-electron chi connectivity index (χ1n) is 9.02. The van der Waals surface area contributed by atoms with Gasteiger partial charge in [-0.1, -0.05) is 43.0 Å². The molecule has 4 nitrogen and oxygen atoms in total. The molecule has 3 N–H and O–H groups in total. The fraction of sp³-hybridized carbons (Fsp3) is 0.632. The second-order valence-corrected chi connectivity index (χ2v) is 7.56. The Morgan fingerprint density at radius 1 is 1.21 bits per heavy atom. The minimum absolute atomic E-state index is 0.00450. The summed E-state index contributed by atoms with van der Waals surface area (Å²) in [4.78, 5) is 12.5. The van der Waals surface area contributed by atoms with E-state index in [1.807, 2.05) is 12.1 Å². The fourth-order valence-corrected chi connectivity index (χ4v) is 4.17. The lowest BCUT2D eigenvalue weighted by molar-refractivity contribution is -0.132. The Labute approximate surface area is 149 Å². The average molecular weight is 351 g/mol. The van der Waals surface area contributed by atoms with Gasteiger partial charge < -0.3 is 15.8 Å². The van der Waals surface area contributed by atoms with Crippen molar-refractivity contribution >= 4 is 17.5 Å². The molecule has 0 aromatic heterocycles. The first-order valence-corrected chi connectivity index (χ1v) is 9.40. The second-order valence-electron chi connectivity index (χ2n) is 7.13. The SMILES string of the molecule is NC[C@H]1CC[C@@H](C(=O)NCC2(c3ccc(Cl)cc3)CCCCC2)O1. The summed E-state index contributed by atoms with van der Waals surface area (Å²) in [6, 6.07) is 8.11. The fourth-order valence-electron chi connectivity index (χ4n) is 4.04. The minimum Gasteiger partial charge on any atom is -0.364 e. The molecule has 24 heavy (non-hydrogen) atoms. The molecule has 1 aromatic carbocycles. The van der Waals surface area contributed by atoms with Crippen LogP contribution in [-0.2, 0) is 14.9 Å². The van der Waals surface area contributed by atoms with Crippen LogP contribution in [-0.4, -0.2) is 31.2 Å². The maximum absolute atomic E-state index is 12.5. The third-order valence-electron chi connectivity index (χ3n) is 5.53. The maximum atomic E-state index is 12.5. The summed E-state index contributed by atoms with van der Waals surface area (Å²) >= 11 is 6.04. The molecule has 0 unspecified atom stereocenters. The summed E-state index contributed by atoms with van der Waals surface area (Å²) in [5, 5.41) is 3.91. The maximum Gasteiger partial charge on any atom is 0.249 e. The topological polar surface area (TPSA) is 64.4 Å². The molecular weight excluding hydrogens is 324 g/mol. The number of benzene rings is 1. The Balaban J connectivity index is 1.66. The van der Waals surface area contributed by atoms with E-state index in [0.717, 1.165) is 30.7 Å². The zero-order valence-electron chi connectivity index (χ0n) is 14.1. The van der Waals surface area contributed by atoms with Crippen LogP contribution >= 0.6 is 11.6 Å². The van der Waals surface area contributed by atoms with Crippen LogP contribution in [0, 0.1) is 0 Å². The van der Waals surface area contributed by atoms with Crippen LogP contribution in [0.4, 0.5) is 0 Å². The van der Waals surface area contributed by atoms with Crippen molar-refractivity contribution in [2.24, 2.45) is 5.73 Å². The van der Waals surface area contributed by atoms with Gasteiger partial charge >= 0.3 is 0 Å². The molecule has 2 atom stereocenters. The summed E-state index contributed by atoms with van der Waals surface area (Å²) in [6.45, 7) is 1.15. The first kappa shape index (κ1) is 17.7. The van der Waals surface area contributed by atoms with E-state index in [4.69, 9.17) is 22.1 Å². The van der Waals surface area contributed by atoms with Gasteiger partial charge in [-0.25, -0.2) is 0 Å². The highest BCUT2D eigenvalue weighted by Gasteiger charge is 2.36. The van der Waals surface area contributed by atoms with Gasteiger partial charge in [0.05, 0.1) is 6.10 Å². The van der Waals surface area contributed by atoms with Crippen molar-refractivity contribution in [3.05, 3.63) is 34.9 Å². The van der Waals surface area contributed by atoms with E-state index in [9.17, 15) is 4.79 Å². The van der Waals surface area contributed by atoms with Crippen LogP contribution in [0.1, 0.15) is 50.5 Å². The molecule has 1 aromatic rings. The standard InChI is InChI=1S/C19H27ClN2O2/c20-15-6-4-14(5-7-15)19(10-2-1-3-11-19)13-22-18(23)17-9-8-16(12-21)24-17/h4-7,16-17H,1-3,8-13,21H2,(H,22,23)/t16-,17+/m1/s1. The number of nitrogens with two attached hydrogens (primary N) is 1. The zero-order valence-corrected chi connectivity index (χ0v) is 14.9. The summed E-state index contributed by atoms with van der Waals surface area (Å²) in [6.07, 6.45) is 7.20. The minimum atomic E-state index is -0.343. The number of hydrogen-bond acceptors (Lipinski definition) is 3. The number of carbonyl (C=O) groups is 1. The van der Waals surface area contributed by atoms with Gasteiger partial charge in [0.1, 0.15) is 6.10 Å². The van der Waals surface area contributed by atoms with Crippen LogP contribution in [0.2, 0.25) is 5.02 Å². The van der Waals surface area contributed by atoms with Crippen molar-refractivity contribution in [3.63, 3.8) is 0 Å². The molecule has 2 aliphatic rings. The van der Waals surface area contributed by atoms with Gasteiger partial charge in [0.2, 0.25) is 5.91 Å². The van der Waals surface area contributed by atoms with E-state index in [2.05, 4.69) is 17.4 Å². The van der Waals surface area contributed by atoms with Crippen LogP contribution in [0.15, 0.2) is 24.3 Å². The van der Waals surface area contributed by atoms with Gasteiger partial charge in [0, 0.05) is 23.5 Å². The number of hydrogen-bond donors (Lipinski definition) is 2. The second kappa shape index (κ2) is 7.85. The third kappa shape index (κ3) is 3.93. The van der Waals surface area contributed by atoms with Gasteiger partial charge in [-0.3, -0.25) is 4.79 Å². The van der Waals surface area contributed by atoms with Crippen molar-refractivity contribution in [2.75, 3.05) is 13.1 Å². The number of nitrogens with one attached hydrogen (secondary N) is 1. The Kier molecular flexibility index (Phi) is 5.80. The molecule has 0 bridgehead atoms. The van der Waals surface area contributed by atoms with Crippen molar-refractivity contribution in [1.82, 2.24) is 5.32 Å². The molecule has 1 saturated heterocycles. The molecular formula is C19H27ClN2O2. The molecule has 1 aliphatic carbocycles. The number of amides is 1. The molecule has 1 aliphatic heterocycles. The van der Waals surface area contributed by atoms with Crippen molar-refractivity contribution in [3.8, 4) is 0 Å². The van der Waals surface area contributed by atoms with Gasteiger partial charge in [0.15, 0.2) is 0 Å². The van der Waals surface area contributed by atoms with Gasteiger partial charge in [-0.05, 0) is 43.4 Å².